The largest absolute Gasteiger partial charge is 0.453 e. The molecule has 3 N–H and O–H groups in total. The van der Waals surface area contributed by atoms with Crippen molar-refractivity contribution in [2.75, 3.05) is 19.5 Å². The monoisotopic (exact) mass is 482 g/mol. The highest BCUT2D eigenvalue weighted by atomic mass is 127. The standard InChI is InChI=1S/C20H26N4O2.HI/c1-4-16-7-5-6-8-17(16)14-23-19(21-2)22-13-15-9-11-18(12-10-15)24-20(25)26-3;/h5-12H,4,13-14H2,1-3H3,(H,24,25)(H2,21,22,23);1H. The van der Waals surface area contributed by atoms with Crippen molar-refractivity contribution in [3.05, 3.63) is 65.2 Å². The molecule has 0 saturated carbocycles. The van der Waals surface area contributed by atoms with Crippen LogP contribution in [-0.2, 0) is 24.2 Å². The molecule has 0 aliphatic heterocycles. The van der Waals surface area contributed by atoms with Crippen LogP contribution in [0, 0.1) is 0 Å². The number of nitrogens with zero attached hydrogens (tertiary/aromatic N) is 1. The van der Waals surface area contributed by atoms with Crippen LogP contribution in [0.25, 0.3) is 0 Å². The van der Waals surface area contributed by atoms with E-state index in [4.69, 9.17) is 0 Å². The molecule has 0 aliphatic rings. The summed E-state index contributed by atoms with van der Waals surface area (Å²) < 4.78 is 4.57. The molecule has 0 aliphatic carbocycles. The molecular formula is C20H27IN4O2. The minimum Gasteiger partial charge on any atom is -0.453 e. The van der Waals surface area contributed by atoms with Crippen molar-refractivity contribution in [1.82, 2.24) is 10.6 Å². The highest BCUT2D eigenvalue weighted by Gasteiger charge is 2.03. The van der Waals surface area contributed by atoms with Gasteiger partial charge in [-0.1, -0.05) is 43.3 Å². The minimum atomic E-state index is -0.479. The van der Waals surface area contributed by atoms with Gasteiger partial charge in [0, 0.05) is 25.8 Å². The second-order valence-electron chi connectivity index (χ2n) is 5.72. The number of ether oxygens (including phenoxy) is 1. The average molecular weight is 482 g/mol. The van der Waals surface area contributed by atoms with E-state index in [0.29, 0.717) is 12.2 Å². The molecular weight excluding hydrogens is 455 g/mol. The topological polar surface area (TPSA) is 74.8 Å². The normalized spacial score (nSPS) is 10.6. The quantitative estimate of drug-likeness (QED) is 0.332. The third kappa shape index (κ3) is 7.46. The molecule has 2 aromatic carbocycles. The molecule has 1 amide bonds. The molecule has 0 heterocycles. The third-order valence-electron chi connectivity index (χ3n) is 4.01. The number of anilines is 1. The van der Waals surface area contributed by atoms with Gasteiger partial charge in [0.05, 0.1) is 7.11 Å². The van der Waals surface area contributed by atoms with E-state index >= 15 is 0 Å². The van der Waals surface area contributed by atoms with Crippen LogP contribution in [0.5, 0.6) is 0 Å². The number of methoxy groups -OCH3 is 1. The molecule has 0 atom stereocenters. The summed E-state index contributed by atoms with van der Waals surface area (Å²) in [6, 6.07) is 16.0. The molecule has 0 saturated heterocycles. The summed E-state index contributed by atoms with van der Waals surface area (Å²) in [6.07, 6.45) is 0.531. The van der Waals surface area contributed by atoms with Gasteiger partial charge in [0.15, 0.2) is 5.96 Å². The van der Waals surface area contributed by atoms with E-state index in [1.54, 1.807) is 7.05 Å². The van der Waals surface area contributed by atoms with Crippen molar-refractivity contribution in [2.45, 2.75) is 26.4 Å². The first kappa shape index (κ1) is 22.8. The number of carbonyl (C=O) groups is 1. The maximum absolute atomic E-state index is 11.2. The zero-order valence-corrected chi connectivity index (χ0v) is 18.2. The molecule has 0 bridgehead atoms. The predicted molar refractivity (Wildman–Crippen MR) is 121 cm³/mol. The molecule has 0 spiro atoms. The zero-order valence-electron chi connectivity index (χ0n) is 15.9. The van der Waals surface area contributed by atoms with Crippen molar-refractivity contribution in [1.29, 1.82) is 0 Å². The van der Waals surface area contributed by atoms with Crippen LogP contribution >= 0.6 is 24.0 Å². The Bertz CT molecular complexity index is 748. The van der Waals surface area contributed by atoms with Gasteiger partial charge in [-0.25, -0.2) is 4.79 Å². The van der Waals surface area contributed by atoms with Gasteiger partial charge in [-0.3, -0.25) is 10.3 Å². The fourth-order valence-electron chi connectivity index (χ4n) is 2.54. The summed E-state index contributed by atoms with van der Waals surface area (Å²) in [5.41, 5.74) is 4.39. The number of aryl methyl sites for hydroxylation is 1. The summed E-state index contributed by atoms with van der Waals surface area (Å²) in [5.74, 6) is 0.743. The molecule has 27 heavy (non-hydrogen) atoms. The Morgan fingerprint density at radius 2 is 1.63 bits per heavy atom. The lowest BCUT2D eigenvalue weighted by molar-refractivity contribution is 0.187. The summed E-state index contributed by atoms with van der Waals surface area (Å²) in [7, 11) is 3.09. The summed E-state index contributed by atoms with van der Waals surface area (Å²) >= 11 is 0. The Hall–Kier alpha value is -2.29. The van der Waals surface area contributed by atoms with Gasteiger partial charge in [0.2, 0.25) is 0 Å². The van der Waals surface area contributed by atoms with Crippen molar-refractivity contribution >= 4 is 41.7 Å². The molecule has 0 aromatic heterocycles. The number of carbonyl (C=O) groups excluding carboxylic acids is 1. The summed E-state index contributed by atoms with van der Waals surface area (Å²) in [6.45, 7) is 3.52. The average Bonchev–Trinajstić information content (AvgIpc) is 2.69. The van der Waals surface area contributed by atoms with E-state index in [0.717, 1.165) is 24.5 Å². The Morgan fingerprint density at radius 3 is 2.22 bits per heavy atom. The van der Waals surface area contributed by atoms with Gasteiger partial charge in [-0.15, -0.1) is 24.0 Å². The zero-order chi connectivity index (χ0) is 18.8. The SMILES string of the molecule is CCc1ccccc1CNC(=NC)NCc1ccc(NC(=O)OC)cc1.I. The number of hydrogen-bond donors (Lipinski definition) is 3. The number of benzene rings is 2. The summed E-state index contributed by atoms with van der Waals surface area (Å²) in [4.78, 5) is 15.4. The van der Waals surface area contributed by atoms with Crippen molar-refractivity contribution in [3.8, 4) is 0 Å². The number of aliphatic imine (C=N–C) groups is 1. The molecule has 0 fully saturated rings. The van der Waals surface area contributed by atoms with Gasteiger partial charge >= 0.3 is 6.09 Å². The fourth-order valence-corrected chi connectivity index (χ4v) is 2.54. The first-order chi connectivity index (χ1) is 12.7. The highest BCUT2D eigenvalue weighted by Crippen LogP contribution is 2.10. The predicted octanol–water partition coefficient (Wildman–Crippen LogP) is 3.91. The van der Waals surface area contributed by atoms with E-state index in [-0.39, 0.29) is 24.0 Å². The molecule has 6 nitrogen and oxygen atoms in total. The Kier molecular flexibility index (Phi) is 10.2. The number of hydrogen-bond acceptors (Lipinski definition) is 3. The number of halogens is 1. The second-order valence-corrected chi connectivity index (χ2v) is 5.72. The van der Waals surface area contributed by atoms with E-state index in [2.05, 4.69) is 56.9 Å². The molecule has 2 aromatic rings. The highest BCUT2D eigenvalue weighted by molar-refractivity contribution is 14.0. The third-order valence-corrected chi connectivity index (χ3v) is 4.01. The van der Waals surface area contributed by atoms with Crippen LogP contribution in [0.4, 0.5) is 10.5 Å². The van der Waals surface area contributed by atoms with Crippen LogP contribution < -0.4 is 16.0 Å². The Balaban J connectivity index is 0.00000364. The first-order valence-electron chi connectivity index (χ1n) is 8.61. The van der Waals surface area contributed by atoms with Gasteiger partial charge in [0.1, 0.15) is 0 Å². The first-order valence-corrected chi connectivity index (χ1v) is 8.61. The van der Waals surface area contributed by atoms with Crippen LogP contribution in [-0.4, -0.2) is 26.2 Å². The minimum absolute atomic E-state index is 0. The molecule has 146 valence electrons. The van der Waals surface area contributed by atoms with Crippen LogP contribution in [0.15, 0.2) is 53.5 Å². The Labute approximate surface area is 177 Å². The van der Waals surface area contributed by atoms with Crippen molar-refractivity contribution < 1.29 is 9.53 Å². The number of rotatable bonds is 6. The molecule has 7 heteroatoms. The summed E-state index contributed by atoms with van der Waals surface area (Å²) in [5, 5.41) is 9.26. The van der Waals surface area contributed by atoms with Gasteiger partial charge in [-0.05, 0) is 35.2 Å². The molecule has 2 rings (SSSR count). The van der Waals surface area contributed by atoms with E-state index in [1.165, 1.54) is 18.2 Å². The van der Waals surface area contributed by atoms with Crippen molar-refractivity contribution in [2.24, 2.45) is 4.99 Å². The Morgan fingerprint density at radius 1 is 1.00 bits per heavy atom. The lowest BCUT2D eigenvalue weighted by Crippen LogP contribution is -2.36. The van der Waals surface area contributed by atoms with E-state index in [1.807, 2.05) is 24.3 Å². The number of nitrogens with one attached hydrogen (secondary N) is 3. The number of guanidine groups is 1. The lowest BCUT2D eigenvalue weighted by atomic mass is 10.1. The smallest absolute Gasteiger partial charge is 0.411 e. The lowest BCUT2D eigenvalue weighted by Gasteiger charge is -2.14. The van der Waals surface area contributed by atoms with E-state index < -0.39 is 6.09 Å². The van der Waals surface area contributed by atoms with Crippen molar-refractivity contribution in [3.63, 3.8) is 0 Å². The maximum Gasteiger partial charge on any atom is 0.411 e. The van der Waals surface area contributed by atoms with Crippen LogP contribution in [0.3, 0.4) is 0 Å². The fraction of sp³-hybridized carbons (Fsp3) is 0.300. The maximum atomic E-state index is 11.2. The molecule has 0 radical (unpaired) electrons. The van der Waals surface area contributed by atoms with Gasteiger partial charge in [0.25, 0.3) is 0 Å². The van der Waals surface area contributed by atoms with Crippen LogP contribution in [0.1, 0.15) is 23.6 Å². The van der Waals surface area contributed by atoms with Crippen LogP contribution in [0.2, 0.25) is 0 Å². The molecule has 0 unspecified atom stereocenters. The van der Waals surface area contributed by atoms with Gasteiger partial charge in [-0.2, -0.15) is 0 Å². The second kappa shape index (κ2) is 12.2. The number of amides is 1. The van der Waals surface area contributed by atoms with Gasteiger partial charge < -0.3 is 15.4 Å². The van der Waals surface area contributed by atoms with E-state index in [9.17, 15) is 4.79 Å².